The molecule has 0 spiro atoms. The Morgan fingerprint density at radius 3 is 1.92 bits per heavy atom. The summed E-state index contributed by atoms with van der Waals surface area (Å²) in [6, 6.07) is 62.4. The van der Waals surface area contributed by atoms with Crippen LogP contribution in [0.25, 0.3) is 97.1 Å². The van der Waals surface area contributed by atoms with Gasteiger partial charge in [-0.25, -0.2) is 0 Å². The third kappa shape index (κ3) is 3.82. The first-order valence-electron chi connectivity index (χ1n) is 16.8. The fourth-order valence-corrected chi connectivity index (χ4v) is 9.36. The van der Waals surface area contributed by atoms with Crippen LogP contribution >= 0.6 is 11.3 Å². The molecule has 0 bridgehead atoms. The van der Waals surface area contributed by atoms with Crippen LogP contribution in [-0.4, -0.2) is 9.13 Å². The number of hydrogen-bond donors (Lipinski definition) is 0. The fraction of sp³-hybridized carbons (Fsp3) is 0. The van der Waals surface area contributed by atoms with Crippen molar-refractivity contribution in [3.8, 4) is 22.5 Å². The van der Waals surface area contributed by atoms with E-state index < -0.39 is 0 Å². The van der Waals surface area contributed by atoms with Gasteiger partial charge in [-0.05, 0) is 65.0 Å². The van der Waals surface area contributed by atoms with Crippen LogP contribution in [0.3, 0.4) is 0 Å². The van der Waals surface area contributed by atoms with Crippen molar-refractivity contribution in [2.45, 2.75) is 0 Å². The molecule has 0 fully saturated rings. The van der Waals surface area contributed by atoms with Crippen molar-refractivity contribution in [1.29, 1.82) is 0 Å². The Balaban J connectivity index is 1.21. The van der Waals surface area contributed by atoms with Crippen LogP contribution in [0.1, 0.15) is 0 Å². The molecule has 3 heteroatoms. The number of benzene rings is 8. The quantitative estimate of drug-likeness (QED) is 0.182. The van der Waals surface area contributed by atoms with Gasteiger partial charge in [-0.3, -0.25) is 0 Å². The summed E-state index contributed by atoms with van der Waals surface area (Å²) >= 11 is 1.88. The number of aromatic nitrogens is 2. The monoisotopic (exact) mass is 640 g/mol. The summed E-state index contributed by atoms with van der Waals surface area (Å²) < 4.78 is 7.58. The summed E-state index contributed by atoms with van der Waals surface area (Å²) in [6.45, 7) is 0. The molecule has 228 valence electrons. The second-order valence-electron chi connectivity index (χ2n) is 12.9. The standard InChI is InChI=1S/C46H28N2S/c1-2-12-31(13-3-1)47-41-19-8-6-15-35(41)39-27-40-37-26-23-29-11-4-5-14-33(29)45(37)48(43(40)28-42(39)47)32-24-21-30(22-25-32)34-17-10-18-38-36-16-7-9-20-44(36)49-46(34)38/h1-28H. The number of nitrogens with zero attached hydrogens (tertiary/aromatic N) is 2. The molecule has 0 amide bonds. The predicted octanol–water partition coefficient (Wildman–Crippen LogP) is 13.1. The molecule has 0 aliphatic carbocycles. The van der Waals surface area contributed by atoms with E-state index in [0.29, 0.717) is 0 Å². The van der Waals surface area contributed by atoms with Crippen molar-refractivity contribution in [1.82, 2.24) is 9.13 Å². The minimum Gasteiger partial charge on any atom is -0.309 e. The molecule has 11 aromatic rings. The highest BCUT2D eigenvalue weighted by molar-refractivity contribution is 7.26. The van der Waals surface area contributed by atoms with E-state index in [2.05, 4.69) is 179 Å². The summed E-state index contributed by atoms with van der Waals surface area (Å²) in [7, 11) is 0. The maximum absolute atomic E-state index is 2.49. The number of fused-ring (bicyclic) bond motifs is 11. The van der Waals surface area contributed by atoms with Crippen LogP contribution in [0.15, 0.2) is 170 Å². The first-order valence-corrected chi connectivity index (χ1v) is 17.6. The van der Waals surface area contributed by atoms with Crippen LogP contribution in [-0.2, 0) is 0 Å². The SMILES string of the molecule is c1ccc(-n2c3ccccc3c3cc4c5ccc6ccccc6c5n(-c5ccc(-c6cccc7c6sc6ccccc67)cc5)c4cc32)cc1. The molecule has 0 aliphatic rings. The lowest BCUT2D eigenvalue weighted by atomic mass is 10.0. The lowest BCUT2D eigenvalue weighted by Crippen LogP contribution is -1.96. The van der Waals surface area contributed by atoms with Crippen molar-refractivity contribution in [2.75, 3.05) is 0 Å². The van der Waals surface area contributed by atoms with Crippen molar-refractivity contribution in [2.24, 2.45) is 0 Å². The molecule has 0 aliphatic heterocycles. The van der Waals surface area contributed by atoms with E-state index in [4.69, 9.17) is 0 Å². The third-order valence-electron chi connectivity index (χ3n) is 10.3. The summed E-state index contributed by atoms with van der Waals surface area (Å²) in [5.74, 6) is 0. The largest absolute Gasteiger partial charge is 0.309 e. The molecular weight excluding hydrogens is 613 g/mol. The van der Waals surface area contributed by atoms with E-state index in [1.807, 2.05) is 11.3 Å². The molecule has 49 heavy (non-hydrogen) atoms. The van der Waals surface area contributed by atoms with Gasteiger partial charge in [0.1, 0.15) is 0 Å². The molecular formula is C46H28N2S. The van der Waals surface area contributed by atoms with E-state index in [1.54, 1.807) is 0 Å². The zero-order valence-electron chi connectivity index (χ0n) is 26.5. The summed E-state index contributed by atoms with van der Waals surface area (Å²) in [5.41, 5.74) is 9.73. The van der Waals surface area contributed by atoms with E-state index in [1.165, 1.54) is 91.4 Å². The minimum absolute atomic E-state index is 1.16. The van der Waals surface area contributed by atoms with Gasteiger partial charge in [0.15, 0.2) is 0 Å². The van der Waals surface area contributed by atoms with E-state index in [9.17, 15) is 0 Å². The molecule has 11 rings (SSSR count). The third-order valence-corrected chi connectivity index (χ3v) is 11.5. The molecule has 0 saturated carbocycles. The Labute approximate surface area is 286 Å². The van der Waals surface area contributed by atoms with Gasteiger partial charge < -0.3 is 9.13 Å². The van der Waals surface area contributed by atoms with Gasteiger partial charge in [0.25, 0.3) is 0 Å². The maximum atomic E-state index is 2.49. The lowest BCUT2D eigenvalue weighted by molar-refractivity contribution is 1.17. The molecule has 3 aromatic heterocycles. The fourth-order valence-electron chi connectivity index (χ4n) is 8.13. The molecule has 0 saturated heterocycles. The highest BCUT2D eigenvalue weighted by Crippen LogP contribution is 2.43. The Hall–Kier alpha value is -6.16. The Kier molecular flexibility index (Phi) is 5.57. The van der Waals surface area contributed by atoms with Gasteiger partial charge in [-0.1, -0.05) is 121 Å². The van der Waals surface area contributed by atoms with Crippen molar-refractivity contribution in [3.05, 3.63) is 170 Å². The minimum atomic E-state index is 1.16. The van der Waals surface area contributed by atoms with Crippen LogP contribution in [0.2, 0.25) is 0 Å². The van der Waals surface area contributed by atoms with Crippen LogP contribution in [0.4, 0.5) is 0 Å². The lowest BCUT2D eigenvalue weighted by Gasteiger charge is -2.12. The second kappa shape index (κ2) is 10.2. The predicted molar refractivity (Wildman–Crippen MR) is 211 cm³/mol. The molecule has 3 heterocycles. The normalized spacial score (nSPS) is 12.1. The molecule has 8 aromatic carbocycles. The zero-order valence-corrected chi connectivity index (χ0v) is 27.3. The number of para-hydroxylation sites is 2. The van der Waals surface area contributed by atoms with Crippen molar-refractivity contribution in [3.63, 3.8) is 0 Å². The number of thiophene rings is 1. The van der Waals surface area contributed by atoms with Gasteiger partial charge in [0.2, 0.25) is 0 Å². The summed E-state index contributed by atoms with van der Waals surface area (Å²) in [6.07, 6.45) is 0. The highest BCUT2D eigenvalue weighted by atomic mass is 32.1. The van der Waals surface area contributed by atoms with E-state index >= 15 is 0 Å². The average molecular weight is 641 g/mol. The van der Waals surface area contributed by atoms with Crippen LogP contribution in [0.5, 0.6) is 0 Å². The Bertz CT molecular complexity index is 3090. The van der Waals surface area contributed by atoms with Crippen molar-refractivity contribution >= 4 is 85.9 Å². The van der Waals surface area contributed by atoms with E-state index in [0.717, 1.165) is 5.69 Å². The first-order chi connectivity index (χ1) is 24.3. The number of hydrogen-bond acceptors (Lipinski definition) is 1. The van der Waals surface area contributed by atoms with Gasteiger partial charge in [-0.15, -0.1) is 11.3 Å². The number of rotatable bonds is 3. The van der Waals surface area contributed by atoms with Gasteiger partial charge in [-0.2, -0.15) is 0 Å². The molecule has 0 N–H and O–H groups in total. The van der Waals surface area contributed by atoms with Gasteiger partial charge in [0.05, 0.1) is 22.1 Å². The average Bonchev–Trinajstić information content (AvgIpc) is 3.82. The molecule has 0 unspecified atom stereocenters. The first kappa shape index (κ1) is 26.9. The smallest absolute Gasteiger partial charge is 0.0619 e. The second-order valence-corrected chi connectivity index (χ2v) is 14.0. The summed E-state index contributed by atoms with van der Waals surface area (Å²) in [4.78, 5) is 0. The highest BCUT2D eigenvalue weighted by Gasteiger charge is 2.20. The van der Waals surface area contributed by atoms with Crippen LogP contribution < -0.4 is 0 Å². The molecule has 2 nitrogen and oxygen atoms in total. The van der Waals surface area contributed by atoms with Crippen LogP contribution in [0, 0.1) is 0 Å². The topological polar surface area (TPSA) is 9.86 Å². The van der Waals surface area contributed by atoms with E-state index in [-0.39, 0.29) is 0 Å². The molecule has 0 radical (unpaired) electrons. The molecule has 0 atom stereocenters. The summed E-state index contributed by atoms with van der Waals surface area (Å²) in [5, 5.41) is 10.2. The van der Waals surface area contributed by atoms with Crippen molar-refractivity contribution < 1.29 is 0 Å². The van der Waals surface area contributed by atoms with Gasteiger partial charge >= 0.3 is 0 Å². The maximum Gasteiger partial charge on any atom is 0.0619 e. The Morgan fingerprint density at radius 2 is 1.04 bits per heavy atom. The van der Waals surface area contributed by atoms with Gasteiger partial charge in [0, 0.05) is 58.5 Å². The zero-order chi connectivity index (χ0) is 32.1. The Morgan fingerprint density at radius 1 is 0.367 bits per heavy atom.